The van der Waals surface area contributed by atoms with Crippen molar-refractivity contribution < 1.29 is 9.52 Å². The van der Waals surface area contributed by atoms with Crippen molar-refractivity contribution >= 4 is 22.6 Å². The van der Waals surface area contributed by atoms with Crippen molar-refractivity contribution in [1.82, 2.24) is 4.90 Å². The molecule has 1 aliphatic heterocycles. The molecule has 2 heterocycles. The van der Waals surface area contributed by atoms with Crippen LogP contribution in [0.4, 0.5) is 0 Å². The Balaban J connectivity index is 1.96. The minimum atomic E-state index is -0.0441. The normalized spacial score (nSPS) is 19.8. The molecule has 1 unspecified atom stereocenters. The summed E-state index contributed by atoms with van der Waals surface area (Å²) in [5.74, 6) is 0. The number of halogens is 1. The molecule has 1 N–H and O–H groups in total. The van der Waals surface area contributed by atoms with Crippen LogP contribution in [0.25, 0.3) is 11.0 Å². The third-order valence-corrected chi connectivity index (χ3v) is 4.12. The maximum atomic E-state index is 12.5. The average molecular weight is 294 g/mol. The van der Waals surface area contributed by atoms with Gasteiger partial charge in [0.05, 0.1) is 18.3 Å². The van der Waals surface area contributed by atoms with E-state index < -0.39 is 0 Å². The Labute approximate surface area is 121 Å². The molecule has 0 radical (unpaired) electrons. The minimum Gasteiger partial charge on any atom is -0.464 e. The molecule has 3 rings (SSSR count). The van der Waals surface area contributed by atoms with Gasteiger partial charge in [0.15, 0.2) is 5.43 Å². The molecule has 0 saturated carbocycles. The lowest BCUT2D eigenvalue weighted by Crippen LogP contribution is -2.33. The molecule has 2 aromatic rings. The van der Waals surface area contributed by atoms with Gasteiger partial charge in [-0.1, -0.05) is 11.6 Å². The zero-order valence-electron chi connectivity index (χ0n) is 11.0. The van der Waals surface area contributed by atoms with Crippen molar-refractivity contribution in [2.24, 2.45) is 0 Å². The lowest BCUT2D eigenvalue weighted by molar-refractivity contribution is 0.153. The van der Waals surface area contributed by atoms with Gasteiger partial charge in [-0.05, 0) is 37.6 Å². The smallest absolute Gasteiger partial charge is 0.197 e. The van der Waals surface area contributed by atoms with Gasteiger partial charge in [0.25, 0.3) is 0 Å². The summed E-state index contributed by atoms with van der Waals surface area (Å²) >= 11 is 5.93. The largest absolute Gasteiger partial charge is 0.464 e. The minimum absolute atomic E-state index is 0.0441. The third kappa shape index (κ3) is 2.46. The van der Waals surface area contributed by atoms with Crippen molar-refractivity contribution in [3.63, 3.8) is 0 Å². The molecule has 4 nitrogen and oxygen atoms in total. The summed E-state index contributed by atoms with van der Waals surface area (Å²) in [4.78, 5) is 14.6. The van der Waals surface area contributed by atoms with E-state index >= 15 is 0 Å². The molecule has 20 heavy (non-hydrogen) atoms. The number of hydrogen-bond acceptors (Lipinski definition) is 4. The van der Waals surface area contributed by atoms with E-state index in [4.69, 9.17) is 16.0 Å². The summed E-state index contributed by atoms with van der Waals surface area (Å²) in [6.07, 6.45) is 3.54. The van der Waals surface area contributed by atoms with Crippen LogP contribution >= 0.6 is 11.6 Å². The van der Waals surface area contributed by atoms with E-state index in [9.17, 15) is 9.90 Å². The highest BCUT2D eigenvalue weighted by Crippen LogP contribution is 2.21. The molecule has 1 aliphatic rings. The van der Waals surface area contributed by atoms with Crippen molar-refractivity contribution in [2.45, 2.75) is 25.4 Å². The topological polar surface area (TPSA) is 53.7 Å². The summed E-state index contributed by atoms with van der Waals surface area (Å²) in [6.45, 7) is 1.54. The predicted octanol–water partition coefficient (Wildman–Crippen LogP) is 2.40. The Kier molecular flexibility index (Phi) is 3.78. The van der Waals surface area contributed by atoms with Crippen LogP contribution in [0.1, 0.15) is 18.4 Å². The molecular weight excluding hydrogens is 278 g/mol. The van der Waals surface area contributed by atoms with Crippen molar-refractivity contribution in [2.75, 3.05) is 13.2 Å². The van der Waals surface area contributed by atoms with Gasteiger partial charge >= 0.3 is 0 Å². The van der Waals surface area contributed by atoms with Gasteiger partial charge in [-0.2, -0.15) is 0 Å². The highest BCUT2D eigenvalue weighted by atomic mass is 35.5. The number of nitrogens with zero attached hydrogens (tertiary/aromatic N) is 1. The first kappa shape index (κ1) is 13.6. The number of aliphatic hydroxyl groups is 1. The molecule has 0 bridgehead atoms. The second kappa shape index (κ2) is 5.56. The second-order valence-electron chi connectivity index (χ2n) is 5.18. The lowest BCUT2D eigenvalue weighted by atomic mass is 10.1. The van der Waals surface area contributed by atoms with Crippen LogP contribution in [0.15, 0.2) is 33.7 Å². The molecule has 1 fully saturated rings. The second-order valence-corrected chi connectivity index (χ2v) is 5.62. The molecule has 5 heteroatoms. The monoisotopic (exact) mass is 293 g/mol. The fraction of sp³-hybridized carbons (Fsp3) is 0.400. The summed E-state index contributed by atoms with van der Waals surface area (Å²) in [5, 5.41) is 10.4. The van der Waals surface area contributed by atoms with Crippen LogP contribution in [0.2, 0.25) is 5.02 Å². The molecule has 0 amide bonds. The van der Waals surface area contributed by atoms with Crippen molar-refractivity contribution in [3.05, 3.63) is 45.3 Å². The highest BCUT2D eigenvalue weighted by Gasteiger charge is 2.24. The number of aliphatic hydroxyl groups excluding tert-OH is 1. The molecule has 106 valence electrons. The maximum Gasteiger partial charge on any atom is 0.197 e. The predicted molar refractivity (Wildman–Crippen MR) is 78.0 cm³/mol. The third-order valence-electron chi connectivity index (χ3n) is 3.89. The first-order valence-corrected chi connectivity index (χ1v) is 7.11. The van der Waals surface area contributed by atoms with Gasteiger partial charge in [0.1, 0.15) is 5.58 Å². The maximum absolute atomic E-state index is 12.5. The SMILES string of the molecule is O=c1c(CN2CCCC2CO)coc2ccc(Cl)cc12. The quantitative estimate of drug-likeness (QED) is 0.944. The van der Waals surface area contributed by atoms with Crippen LogP contribution in [0, 0.1) is 0 Å². The Hall–Kier alpha value is -1.36. The Morgan fingerprint density at radius 2 is 2.30 bits per heavy atom. The Bertz CT molecular complexity index is 682. The average Bonchev–Trinajstić information content (AvgIpc) is 2.90. The Morgan fingerprint density at radius 1 is 1.45 bits per heavy atom. The van der Waals surface area contributed by atoms with E-state index in [1.54, 1.807) is 18.2 Å². The van der Waals surface area contributed by atoms with E-state index in [2.05, 4.69) is 4.90 Å². The van der Waals surface area contributed by atoms with Crippen LogP contribution in [-0.4, -0.2) is 29.2 Å². The summed E-state index contributed by atoms with van der Waals surface area (Å²) in [6, 6.07) is 5.19. The highest BCUT2D eigenvalue weighted by molar-refractivity contribution is 6.31. The molecule has 1 aromatic carbocycles. The first-order chi connectivity index (χ1) is 9.69. The fourth-order valence-electron chi connectivity index (χ4n) is 2.78. The van der Waals surface area contributed by atoms with E-state index in [1.165, 1.54) is 6.26 Å². The number of likely N-dealkylation sites (tertiary alicyclic amines) is 1. The van der Waals surface area contributed by atoms with E-state index in [-0.39, 0.29) is 18.1 Å². The Morgan fingerprint density at radius 3 is 3.10 bits per heavy atom. The molecule has 1 atom stereocenters. The zero-order valence-corrected chi connectivity index (χ0v) is 11.8. The van der Waals surface area contributed by atoms with Gasteiger partial charge in [-0.3, -0.25) is 9.69 Å². The van der Waals surface area contributed by atoms with Crippen LogP contribution in [0.3, 0.4) is 0 Å². The van der Waals surface area contributed by atoms with Gasteiger partial charge in [0.2, 0.25) is 0 Å². The summed E-state index contributed by atoms with van der Waals surface area (Å²) in [5.41, 5.74) is 1.11. The molecule has 1 aromatic heterocycles. The van der Waals surface area contributed by atoms with Crippen LogP contribution in [0.5, 0.6) is 0 Å². The van der Waals surface area contributed by atoms with Crippen LogP contribution in [-0.2, 0) is 6.54 Å². The number of hydrogen-bond donors (Lipinski definition) is 1. The number of benzene rings is 1. The number of rotatable bonds is 3. The molecule has 1 saturated heterocycles. The summed E-state index contributed by atoms with van der Waals surface area (Å²) < 4.78 is 5.51. The van der Waals surface area contributed by atoms with E-state index in [0.717, 1.165) is 19.4 Å². The van der Waals surface area contributed by atoms with Gasteiger partial charge in [-0.25, -0.2) is 0 Å². The lowest BCUT2D eigenvalue weighted by Gasteiger charge is -2.22. The van der Waals surface area contributed by atoms with Gasteiger partial charge in [-0.15, -0.1) is 0 Å². The molecular formula is C15H16ClNO3. The molecule has 0 spiro atoms. The van der Waals surface area contributed by atoms with Crippen LogP contribution < -0.4 is 5.43 Å². The van der Waals surface area contributed by atoms with E-state index in [0.29, 0.717) is 28.1 Å². The first-order valence-electron chi connectivity index (χ1n) is 6.74. The number of fused-ring (bicyclic) bond motifs is 1. The van der Waals surface area contributed by atoms with E-state index in [1.807, 2.05) is 0 Å². The fourth-order valence-corrected chi connectivity index (χ4v) is 2.95. The van der Waals surface area contributed by atoms with Gasteiger partial charge < -0.3 is 9.52 Å². The molecule has 0 aliphatic carbocycles. The summed E-state index contributed by atoms with van der Waals surface area (Å²) in [7, 11) is 0. The van der Waals surface area contributed by atoms with Gasteiger partial charge in [0, 0.05) is 23.2 Å². The standard InChI is InChI=1S/C15H16ClNO3/c16-11-3-4-14-13(6-11)15(19)10(9-20-14)7-17-5-1-2-12(17)8-18/h3-4,6,9,12,18H,1-2,5,7-8H2. The van der Waals surface area contributed by atoms with Crippen molar-refractivity contribution in [1.29, 1.82) is 0 Å². The zero-order chi connectivity index (χ0) is 14.1. The van der Waals surface area contributed by atoms with Crippen molar-refractivity contribution in [3.8, 4) is 0 Å².